The Labute approximate surface area is 124 Å². The Morgan fingerprint density at radius 1 is 1.33 bits per heavy atom. The smallest absolute Gasteiger partial charge is 0.282 e. The van der Waals surface area contributed by atoms with Gasteiger partial charge in [-0.05, 0) is 31.4 Å². The summed E-state index contributed by atoms with van der Waals surface area (Å²) in [6.45, 7) is 3.98. The molecule has 0 unspecified atom stereocenters. The van der Waals surface area contributed by atoms with E-state index in [0.717, 1.165) is 36.2 Å². The van der Waals surface area contributed by atoms with Crippen LogP contribution in [-0.2, 0) is 0 Å². The first-order chi connectivity index (χ1) is 10.2. The van der Waals surface area contributed by atoms with E-state index in [1.165, 1.54) is 0 Å². The van der Waals surface area contributed by atoms with Crippen LogP contribution in [0.15, 0.2) is 41.5 Å². The number of amides is 1. The molecule has 1 aromatic heterocycles. The van der Waals surface area contributed by atoms with Gasteiger partial charge < -0.3 is 0 Å². The van der Waals surface area contributed by atoms with Crippen LogP contribution in [0.4, 0.5) is 0 Å². The van der Waals surface area contributed by atoms with E-state index < -0.39 is 0 Å². The molecule has 2 aromatic rings. The van der Waals surface area contributed by atoms with E-state index in [1.807, 2.05) is 37.3 Å². The van der Waals surface area contributed by atoms with Crippen molar-refractivity contribution >= 4 is 11.6 Å². The van der Waals surface area contributed by atoms with Crippen molar-refractivity contribution in [2.45, 2.75) is 33.1 Å². The molecule has 2 rings (SSSR count). The van der Waals surface area contributed by atoms with Crippen LogP contribution < -0.4 is 5.43 Å². The minimum atomic E-state index is -0.302. The highest BCUT2D eigenvalue weighted by Gasteiger charge is 2.09. The fourth-order valence-electron chi connectivity index (χ4n) is 1.95. The molecule has 0 spiro atoms. The second-order valence-corrected chi connectivity index (χ2v) is 4.91. The number of hydrogen-bond donors (Lipinski definition) is 2. The molecule has 0 atom stereocenters. The molecule has 5 nitrogen and oxygen atoms in total. The highest BCUT2D eigenvalue weighted by atomic mass is 16.2. The van der Waals surface area contributed by atoms with Crippen LogP contribution in [0.2, 0.25) is 0 Å². The summed E-state index contributed by atoms with van der Waals surface area (Å²) in [5.41, 5.74) is 5.70. The molecule has 0 saturated heterocycles. The molecule has 1 aromatic carbocycles. The van der Waals surface area contributed by atoms with E-state index >= 15 is 0 Å². The van der Waals surface area contributed by atoms with Crippen molar-refractivity contribution in [2.75, 3.05) is 0 Å². The Hall–Kier alpha value is -2.43. The van der Waals surface area contributed by atoms with Crippen molar-refractivity contribution < 1.29 is 4.79 Å². The fourth-order valence-corrected chi connectivity index (χ4v) is 1.95. The molecule has 0 bridgehead atoms. The van der Waals surface area contributed by atoms with Crippen LogP contribution in [0.25, 0.3) is 0 Å². The molecule has 0 fully saturated rings. The first-order valence-electron chi connectivity index (χ1n) is 7.15. The number of aryl methyl sites for hydroxylation is 1. The predicted octanol–water partition coefficient (Wildman–Crippen LogP) is 3.04. The Kier molecular flexibility index (Phi) is 5.26. The van der Waals surface area contributed by atoms with Crippen LogP contribution in [0.3, 0.4) is 0 Å². The van der Waals surface area contributed by atoms with Crippen molar-refractivity contribution in [3.05, 3.63) is 53.3 Å². The van der Waals surface area contributed by atoms with Crippen LogP contribution in [0, 0.1) is 6.92 Å². The first kappa shape index (κ1) is 15.0. The zero-order chi connectivity index (χ0) is 15.1. The second-order valence-electron chi connectivity index (χ2n) is 4.91. The number of nitrogens with zero attached hydrogens (tertiary/aromatic N) is 2. The zero-order valence-corrected chi connectivity index (χ0v) is 12.4. The van der Waals surface area contributed by atoms with E-state index in [0.29, 0.717) is 5.69 Å². The maximum Gasteiger partial charge on any atom is 0.291 e. The monoisotopic (exact) mass is 284 g/mol. The average Bonchev–Trinajstić information content (AvgIpc) is 2.95. The highest BCUT2D eigenvalue weighted by molar-refractivity contribution is 6.02. The van der Waals surface area contributed by atoms with Gasteiger partial charge in [0.15, 0.2) is 5.69 Å². The van der Waals surface area contributed by atoms with Gasteiger partial charge in [0.25, 0.3) is 5.91 Å². The minimum Gasteiger partial charge on any atom is -0.282 e. The number of unbranched alkanes of at least 4 members (excludes halogenated alkanes) is 1. The van der Waals surface area contributed by atoms with Crippen molar-refractivity contribution in [1.82, 2.24) is 15.6 Å². The topological polar surface area (TPSA) is 70.1 Å². The maximum atomic E-state index is 12.0. The number of carbonyl (C=O) groups excluding carboxylic acids is 1. The number of hydrogen-bond acceptors (Lipinski definition) is 3. The molecule has 1 heterocycles. The normalized spacial score (nSPS) is 11.4. The predicted molar refractivity (Wildman–Crippen MR) is 83.3 cm³/mol. The van der Waals surface area contributed by atoms with E-state index in [9.17, 15) is 4.79 Å². The molecule has 1 amide bonds. The molecule has 0 saturated carbocycles. The summed E-state index contributed by atoms with van der Waals surface area (Å²) >= 11 is 0. The van der Waals surface area contributed by atoms with Crippen LogP contribution in [0.1, 0.15) is 47.9 Å². The van der Waals surface area contributed by atoms with Crippen LogP contribution >= 0.6 is 0 Å². The molecule has 0 aliphatic carbocycles. The zero-order valence-electron chi connectivity index (χ0n) is 12.4. The van der Waals surface area contributed by atoms with Crippen LogP contribution in [0.5, 0.6) is 0 Å². The number of H-pyrrole nitrogens is 1. The summed E-state index contributed by atoms with van der Waals surface area (Å²) in [5.74, 6) is -0.302. The van der Waals surface area contributed by atoms with Crippen molar-refractivity contribution in [3.63, 3.8) is 0 Å². The van der Waals surface area contributed by atoms with Gasteiger partial charge >= 0.3 is 0 Å². The van der Waals surface area contributed by atoms with Crippen molar-refractivity contribution in [1.29, 1.82) is 0 Å². The van der Waals surface area contributed by atoms with E-state index in [-0.39, 0.29) is 5.91 Å². The fraction of sp³-hybridized carbons (Fsp3) is 0.312. The van der Waals surface area contributed by atoms with Gasteiger partial charge in [0.2, 0.25) is 0 Å². The van der Waals surface area contributed by atoms with Gasteiger partial charge in [-0.25, -0.2) is 5.43 Å². The minimum absolute atomic E-state index is 0.302. The quantitative estimate of drug-likeness (QED) is 0.632. The number of rotatable bonds is 6. The summed E-state index contributed by atoms with van der Waals surface area (Å²) < 4.78 is 0. The third kappa shape index (κ3) is 4.27. The lowest BCUT2D eigenvalue weighted by atomic mass is 10.1. The highest BCUT2D eigenvalue weighted by Crippen LogP contribution is 2.08. The Morgan fingerprint density at radius 3 is 2.71 bits per heavy atom. The standard InChI is InChI=1S/C16H20N4O/c1-3-4-10-14(13-8-6-5-7-9-13)18-20-16(21)15-11-12(2)17-19-15/h5-9,11H,3-4,10H2,1-2H3,(H,17,19)(H,20,21)/b18-14+. The van der Waals surface area contributed by atoms with Gasteiger partial charge in [0.05, 0.1) is 5.71 Å². The average molecular weight is 284 g/mol. The largest absolute Gasteiger partial charge is 0.291 e. The third-order valence-corrected chi connectivity index (χ3v) is 3.11. The summed E-state index contributed by atoms with van der Waals surface area (Å²) in [6.07, 6.45) is 2.95. The first-order valence-corrected chi connectivity index (χ1v) is 7.15. The molecule has 21 heavy (non-hydrogen) atoms. The SMILES string of the molecule is CCCC/C(=N\NC(=O)c1cc(C)[nH]n1)c1ccccc1. The van der Waals surface area contributed by atoms with Gasteiger partial charge in [0, 0.05) is 5.69 Å². The number of hydrazone groups is 1. The van der Waals surface area contributed by atoms with Gasteiger partial charge in [-0.1, -0.05) is 43.7 Å². The number of aromatic nitrogens is 2. The van der Waals surface area contributed by atoms with Gasteiger partial charge in [0.1, 0.15) is 0 Å². The van der Waals surface area contributed by atoms with E-state index in [1.54, 1.807) is 6.07 Å². The van der Waals surface area contributed by atoms with Crippen molar-refractivity contribution in [2.24, 2.45) is 5.10 Å². The summed E-state index contributed by atoms with van der Waals surface area (Å²) in [5, 5.41) is 10.9. The Bertz CT molecular complexity index is 616. The lowest BCUT2D eigenvalue weighted by Crippen LogP contribution is -2.20. The van der Waals surface area contributed by atoms with E-state index in [2.05, 4.69) is 27.6 Å². The van der Waals surface area contributed by atoms with Gasteiger partial charge in [-0.15, -0.1) is 0 Å². The number of benzene rings is 1. The summed E-state index contributed by atoms with van der Waals surface area (Å²) in [6, 6.07) is 11.6. The lowest BCUT2D eigenvalue weighted by Gasteiger charge is -2.06. The Morgan fingerprint density at radius 2 is 2.10 bits per heavy atom. The van der Waals surface area contributed by atoms with Crippen molar-refractivity contribution in [3.8, 4) is 0 Å². The third-order valence-electron chi connectivity index (χ3n) is 3.11. The summed E-state index contributed by atoms with van der Waals surface area (Å²) in [4.78, 5) is 12.0. The molecule has 2 N–H and O–H groups in total. The molecule has 0 aliphatic rings. The number of nitrogens with one attached hydrogen (secondary N) is 2. The lowest BCUT2D eigenvalue weighted by molar-refractivity contribution is 0.0950. The maximum absolute atomic E-state index is 12.0. The number of aromatic amines is 1. The second kappa shape index (κ2) is 7.38. The van der Waals surface area contributed by atoms with Gasteiger partial charge in [-0.2, -0.15) is 10.2 Å². The van der Waals surface area contributed by atoms with Gasteiger partial charge in [-0.3, -0.25) is 9.89 Å². The Balaban J connectivity index is 2.11. The molecular weight excluding hydrogens is 264 g/mol. The molecule has 110 valence electrons. The summed E-state index contributed by atoms with van der Waals surface area (Å²) in [7, 11) is 0. The molecule has 0 aliphatic heterocycles. The molecular formula is C16H20N4O. The number of carbonyl (C=O) groups is 1. The molecule has 0 radical (unpaired) electrons. The molecule has 5 heteroatoms. The van der Waals surface area contributed by atoms with Crippen LogP contribution in [-0.4, -0.2) is 21.8 Å². The van der Waals surface area contributed by atoms with E-state index in [4.69, 9.17) is 0 Å².